The van der Waals surface area contributed by atoms with Crippen LogP contribution in [0.4, 0.5) is 8.78 Å². The topological polar surface area (TPSA) is 82.9 Å². The van der Waals surface area contributed by atoms with Gasteiger partial charge in [0.2, 0.25) is 0 Å². The largest absolute Gasteiger partial charge is 0.271 e. The highest BCUT2D eigenvalue weighted by atomic mass is 19.1. The zero-order valence-electron chi connectivity index (χ0n) is 15.5. The Morgan fingerprint density at radius 1 is 0.633 bits per heavy atom. The van der Waals surface area contributed by atoms with Crippen molar-refractivity contribution in [1.82, 2.24) is 10.9 Å². The number of carbonyl (C=O) groups is 2. The second-order valence-corrected chi connectivity index (χ2v) is 6.02. The van der Waals surface area contributed by atoms with E-state index in [1.807, 2.05) is 0 Å². The lowest BCUT2D eigenvalue weighted by Gasteiger charge is -2.03. The average molecular weight is 406 g/mol. The Hall–Kier alpha value is -4.20. The first kappa shape index (κ1) is 20.5. The van der Waals surface area contributed by atoms with Crippen LogP contribution in [0.5, 0.6) is 0 Å². The van der Waals surface area contributed by atoms with Crippen LogP contribution in [0, 0.1) is 11.6 Å². The lowest BCUT2D eigenvalue weighted by molar-refractivity contribution is 0.0943. The van der Waals surface area contributed by atoms with Gasteiger partial charge in [-0.1, -0.05) is 36.4 Å². The normalized spacial score (nSPS) is 11.0. The number of nitrogens with zero attached hydrogens (tertiary/aromatic N) is 2. The zero-order valence-corrected chi connectivity index (χ0v) is 15.5. The SMILES string of the molecule is O=C(NN=Cc1ccccc1F)c1ccc(C(=O)NN=Cc2ccccc2F)cc1. The van der Waals surface area contributed by atoms with Crippen LogP contribution in [0.2, 0.25) is 0 Å². The van der Waals surface area contributed by atoms with Crippen molar-refractivity contribution >= 4 is 24.2 Å². The molecule has 6 nitrogen and oxygen atoms in total. The smallest absolute Gasteiger partial charge is 0.267 e. The van der Waals surface area contributed by atoms with Crippen LogP contribution in [-0.4, -0.2) is 24.2 Å². The molecule has 0 aromatic heterocycles. The minimum atomic E-state index is -0.521. The molecule has 150 valence electrons. The molecule has 8 heteroatoms. The van der Waals surface area contributed by atoms with E-state index in [1.165, 1.54) is 61.0 Å². The molecule has 0 unspecified atom stereocenters. The molecule has 30 heavy (non-hydrogen) atoms. The van der Waals surface area contributed by atoms with E-state index in [1.54, 1.807) is 24.3 Å². The van der Waals surface area contributed by atoms with E-state index in [2.05, 4.69) is 21.1 Å². The predicted molar refractivity (Wildman–Crippen MR) is 109 cm³/mol. The molecule has 0 radical (unpaired) electrons. The summed E-state index contributed by atoms with van der Waals surface area (Å²) in [5.41, 5.74) is 5.56. The van der Waals surface area contributed by atoms with Crippen LogP contribution in [0.15, 0.2) is 83.0 Å². The monoisotopic (exact) mass is 406 g/mol. The Bertz CT molecular complexity index is 1020. The van der Waals surface area contributed by atoms with Crippen molar-refractivity contribution in [2.75, 3.05) is 0 Å². The summed E-state index contributed by atoms with van der Waals surface area (Å²) in [6, 6.07) is 17.7. The van der Waals surface area contributed by atoms with Crippen molar-refractivity contribution < 1.29 is 18.4 Å². The summed E-state index contributed by atoms with van der Waals surface area (Å²) >= 11 is 0. The molecule has 0 heterocycles. The van der Waals surface area contributed by atoms with Crippen LogP contribution in [-0.2, 0) is 0 Å². The van der Waals surface area contributed by atoms with Crippen molar-refractivity contribution in [3.05, 3.63) is 107 Å². The van der Waals surface area contributed by atoms with Crippen molar-refractivity contribution in [3.63, 3.8) is 0 Å². The quantitative estimate of drug-likeness (QED) is 0.485. The van der Waals surface area contributed by atoms with Gasteiger partial charge in [-0.15, -0.1) is 0 Å². The summed E-state index contributed by atoms with van der Waals surface area (Å²) in [6.07, 6.45) is 2.39. The number of hydrogen-bond acceptors (Lipinski definition) is 4. The second kappa shape index (κ2) is 9.83. The van der Waals surface area contributed by atoms with Gasteiger partial charge in [-0.2, -0.15) is 10.2 Å². The molecule has 2 N–H and O–H groups in total. The molecule has 0 aliphatic carbocycles. The molecular formula is C22H16F2N4O2. The number of halogens is 2. The van der Waals surface area contributed by atoms with E-state index in [-0.39, 0.29) is 22.3 Å². The Labute approximate surface area is 170 Å². The first-order chi connectivity index (χ1) is 14.5. The maximum atomic E-state index is 13.5. The number of hydrazone groups is 2. The van der Waals surface area contributed by atoms with E-state index >= 15 is 0 Å². The second-order valence-electron chi connectivity index (χ2n) is 6.02. The number of nitrogens with one attached hydrogen (secondary N) is 2. The maximum Gasteiger partial charge on any atom is 0.271 e. The van der Waals surface area contributed by atoms with Crippen molar-refractivity contribution in [2.24, 2.45) is 10.2 Å². The Balaban J connectivity index is 1.56. The van der Waals surface area contributed by atoms with Gasteiger partial charge in [0.05, 0.1) is 12.4 Å². The third kappa shape index (κ3) is 5.41. The highest BCUT2D eigenvalue weighted by Gasteiger charge is 2.08. The minimum absolute atomic E-state index is 0.237. The Morgan fingerprint density at radius 2 is 1.00 bits per heavy atom. The third-order valence-corrected chi connectivity index (χ3v) is 3.96. The molecule has 0 saturated carbocycles. The highest BCUT2D eigenvalue weighted by Crippen LogP contribution is 2.06. The molecule has 0 atom stereocenters. The fourth-order valence-corrected chi connectivity index (χ4v) is 2.38. The summed E-state index contributed by atoms with van der Waals surface area (Å²) in [6.45, 7) is 0. The van der Waals surface area contributed by atoms with Gasteiger partial charge >= 0.3 is 0 Å². The van der Waals surface area contributed by atoms with Gasteiger partial charge in [0, 0.05) is 22.3 Å². The van der Waals surface area contributed by atoms with Crippen LogP contribution < -0.4 is 10.9 Å². The van der Waals surface area contributed by atoms with Gasteiger partial charge in [-0.25, -0.2) is 19.6 Å². The summed E-state index contributed by atoms with van der Waals surface area (Å²) < 4.78 is 27.0. The van der Waals surface area contributed by atoms with Crippen LogP contribution in [0.1, 0.15) is 31.8 Å². The number of rotatable bonds is 6. The van der Waals surface area contributed by atoms with Crippen molar-refractivity contribution in [3.8, 4) is 0 Å². The van der Waals surface area contributed by atoms with E-state index < -0.39 is 23.4 Å². The molecule has 3 aromatic rings. The molecule has 0 fully saturated rings. The van der Waals surface area contributed by atoms with Crippen LogP contribution in [0.3, 0.4) is 0 Å². The number of amides is 2. The molecule has 0 aliphatic heterocycles. The fourth-order valence-electron chi connectivity index (χ4n) is 2.38. The summed E-state index contributed by atoms with van der Waals surface area (Å²) in [5, 5.41) is 7.44. The molecule has 0 aliphatic rings. The first-order valence-corrected chi connectivity index (χ1v) is 8.80. The molecule has 0 saturated heterocycles. The standard InChI is InChI=1S/C22H16F2N4O2/c23-19-7-3-1-5-17(19)13-25-27-21(29)15-9-11-16(12-10-15)22(30)28-26-14-18-6-2-4-8-20(18)24/h1-14H,(H,27,29)(H,28,30). The predicted octanol–water partition coefficient (Wildman–Crippen LogP) is 3.49. The van der Waals surface area contributed by atoms with E-state index in [0.29, 0.717) is 0 Å². The molecular weight excluding hydrogens is 390 g/mol. The third-order valence-electron chi connectivity index (χ3n) is 3.96. The maximum absolute atomic E-state index is 13.5. The summed E-state index contributed by atoms with van der Waals surface area (Å²) in [7, 11) is 0. The van der Waals surface area contributed by atoms with Crippen LogP contribution >= 0.6 is 0 Å². The van der Waals surface area contributed by atoms with Crippen molar-refractivity contribution in [2.45, 2.75) is 0 Å². The van der Waals surface area contributed by atoms with Gasteiger partial charge in [0.1, 0.15) is 11.6 Å². The molecule has 2 amide bonds. The van der Waals surface area contributed by atoms with Crippen molar-refractivity contribution in [1.29, 1.82) is 0 Å². The van der Waals surface area contributed by atoms with Gasteiger partial charge in [-0.3, -0.25) is 9.59 Å². The van der Waals surface area contributed by atoms with E-state index in [9.17, 15) is 18.4 Å². The first-order valence-electron chi connectivity index (χ1n) is 8.80. The Morgan fingerprint density at radius 3 is 1.37 bits per heavy atom. The van der Waals surface area contributed by atoms with Gasteiger partial charge in [-0.05, 0) is 36.4 Å². The molecule has 3 aromatic carbocycles. The van der Waals surface area contributed by atoms with E-state index in [0.717, 1.165) is 0 Å². The number of benzene rings is 3. The number of hydrogen-bond donors (Lipinski definition) is 2. The lowest BCUT2D eigenvalue weighted by atomic mass is 10.1. The summed E-state index contributed by atoms with van der Waals surface area (Å²) in [5.74, 6) is -1.95. The van der Waals surface area contributed by atoms with E-state index in [4.69, 9.17) is 0 Å². The molecule has 3 rings (SSSR count). The van der Waals surface area contributed by atoms with Gasteiger partial charge in [0.25, 0.3) is 11.8 Å². The number of carbonyl (C=O) groups excluding carboxylic acids is 2. The van der Waals surface area contributed by atoms with Gasteiger partial charge < -0.3 is 0 Å². The Kier molecular flexibility index (Phi) is 6.73. The minimum Gasteiger partial charge on any atom is -0.267 e. The average Bonchev–Trinajstić information content (AvgIpc) is 2.76. The van der Waals surface area contributed by atoms with Gasteiger partial charge in [0.15, 0.2) is 0 Å². The molecule has 0 bridgehead atoms. The zero-order chi connectivity index (χ0) is 21.3. The highest BCUT2D eigenvalue weighted by molar-refractivity contribution is 5.98. The lowest BCUT2D eigenvalue weighted by Crippen LogP contribution is -2.19. The summed E-state index contributed by atoms with van der Waals surface area (Å²) in [4.78, 5) is 24.2. The van der Waals surface area contributed by atoms with Crippen LogP contribution in [0.25, 0.3) is 0 Å². The fraction of sp³-hybridized carbons (Fsp3) is 0. The molecule has 0 spiro atoms.